The highest BCUT2D eigenvalue weighted by Crippen LogP contribution is 2.54. The topological polar surface area (TPSA) is 90.4 Å². The molecule has 0 aliphatic carbocycles. The molecule has 8 heteroatoms. The number of likely N-dealkylation sites (tertiary alicyclic amines) is 1. The fraction of sp³-hybridized carbons (Fsp3) is 0.441. The van der Waals surface area contributed by atoms with Gasteiger partial charge in [0.05, 0.1) is 30.6 Å². The zero-order valence-corrected chi connectivity index (χ0v) is 24.2. The van der Waals surface area contributed by atoms with Crippen molar-refractivity contribution >= 4 is 17.7 Å². The molecule has 4 aliphatic heterocycles. The van der Waals surface area contributed by atoms with Crippen LogP contribution in [0.2, 0.25) is 0 Å². The van der Waals surface area contributed by atoms with Crippen molar-refractivity contribution in [2.24, 2.45) is 17.8 Å². The number of aliphatic hydroxyl groups is 1. The lowest BCUT2D eigenvalue weighted by molar-refractivity contribution is -0.153. The molecule has 3 amide bonds. The van der Waals surface area contributed by atoms with Crippen molar-refractivity contribution < 1.29 is 24.2 Å². The molecule has 220 valence electrons. The second kappa shape index (κ2) is 11.5. The number of hydrogen-bond acceptors (Lipinski definition) is 5. The van der Waals surface area contributed by atoms with Crippen LogP contribution < -0.4 is 0 Å². The van der Waals surface area contributed by atoms with E-state index in [1.54, 1.807) is 14.7 Å². The summed E-state index contributed by atoms with van der Waals surface area (Å²) in [6.07, 6.45) is 7.68. The average molecular weight is 570 g/mol. The van der Waals surface area contributed by atoms with Crippen molar-refractivity contribution in [1.29, 1.82) is 0 Å². The first kappa shape index (κ1) is 28.4. The first-order valence-electron chi connectivity index (χ1n) is 15.0. The standard InChI is InChI=1S/C34H39N3O5/c1-3-23(2)26(22-38)37-30-33(41)36(21-25-14-8-5-9-15-25)19-11-17-34(30)29(32(37)40)28-27(42-34)16-10-18-35(31(28)39)20-24-12-6-4-7-13-24/h4-17,23,26-30,38H,3,18-22H2,1-2H3/t23-,26-,27-,28+,29-,30?,34-/m0/s1. The summed E-state index contributed by atoms with van der Waals surface area (Å²) < 4.78 is 6.77. The molecule has 2 fully saturated rings. The predicted octanol–water partition coefficient (Wildman–Crippen LogP) is 3.17. The van der Waals surface area contributed by atoms with E-state index in [1.807, 2.05) is 98.8 Å². The van der Waals surface area contributed by atoms with Gasteiger partial charge in [0.2, 0.25) is 17.7 Å². The van der Waals surface area contributed by atoms with Crippen LogP contribution in [0, 0.1) is 17.8 Å². The number of aliphatic hydroxyl groups excluding tert-OH is 1. The third-order valence-corrected chi connectivity index (χ3v) is 9.54. The highest BCUT2D eigenvalue weighted by molar-refractivity contribution is 6.00. The van der Waals surface area contributed by atoms with E-state index in [2.05, 4.69) is 0 Å². The normalized spacial score (nSPS) is 30.1. The highest BCUT2D eigenvalue weighted by atomic mass is 16.5. The summed E-state index contributed by atoms with van der Waals surface area (Å²) in [5.41, 5.74) is 0.670. The molecular formula is C34H39N3O5. The van der Waals surface area contributed by atoms with Crippen LogP contribution in [-0.4, -0.2) is 81.0 Å². The predicted molar refractivity (Wildman–Crippen MR) is 158 cm³/mol. The largest absolute Gasteiger partial charge is 0.394 e. The quantitative estimate of drug-likeness (QED) is 0.494. The van der Waals surface area contributed by atoms with Gasteiger partial charge in [-0.05, 0) is 17.0 Å². The molecule has 1 unspecified atom stereocenters. The Hall–Kier alpha value is -3.75. The Kier molecular flexibility index (Phi) is 7.77. The van der Waals surface area contributed by atoms with Gasteiger partial charge in [0.15, 0.2) is 0 Å². The van der Waals surface area contributed by atoms with Gasteiger partial charge in [0.1, 0.15) is 11.6 Å². The van der Waals surface area contributed by atoms with Crippen molar-refractivity contribution in [3.63, 3.8) is 0 Å². The molecule has 42 heavy (non-hydrogen) atoms. The molecule has 7 atom stereocenters. The summed E-state index contributed by atoms with van der Waals surface area (Å²) in [4.78, 5) is 48.5. The smallest absolute Gasteiger partial charge is 0.249 e. The molecule has 8 nitrogen and oxygen atoms in total. The monoisotopic (exact) mass is 569 g/mol. The SMILES string of the molecule is CC[C@H](C)[C@H](CO)N1C(=O)[C@@H]2[C@@H]3C(=O)N(Cc4ccccc4)CC=C[C@@H]3O[C@@]23C=CCN(Cc2ccccc2)C(=O)C13. The summed E-state index contributed by atoms with van der Waals surface area (Å²) in [5, 5.41) is 10.6. The third kappa shape index (κ3) is 4.67. The van der Waals surface area contributed by atoms with Crippen LogP contribution in [0.25, 0.3) is 0 Å². The summed E-state index contributed by atoms with van der Waals surface area (Å²) in [6.45, 7) is 5.28. The number of fused-ring (bicyclic) bond motifs is 2. The van der Waals surface area contributed by atoms with E-state index in [9.17, 15) is 19.5 Å². The van der Waals surface area contributed by atoms with Crippen LogP contribution in [0.1, 0.15) is 31.4 Å². The van der Waals surface area contributed by atoms with E-state index in [0.717, 1.165) is 17.5 Å². The molecular weight excluding hydrogens is 530 g/mol. The maximum Gasteiger partial charge on any atom is 0.249 e. The number of hydrogen-bond donors (Lipinski definition) is 1. The van der Waals surface area contributed by atoms with Gasteiger partial charge < -0.3 is 24.5 Å². The maximum absolute atomic E-state index is 14.6. The van der Waals surface area contributed by atoms with Gasteiger partial charge in [0.25, 0.3) is 0 Å². The molecule has 4 heterocycles. The van der Waals surface area contributed by atoms with Gasteiger partial charge in [-0.3, -0.25) is 14.4 Å². The van der Waals surface area contributed by atoms with Crippen LogP contribution in [0.5, 0.6) is 0 Å². The van der Waals surface area contributed by atoms with E-state index in [-0.39, 0.29) is 30.2 Å². The number of carbonyl (C=O) groups is 3. The van der Waals surface area contributed by atoms with Gasteiger partial charge in [0, 0.05) is 26.2 Å². The zero-order valence-electron chi connectivity index (χ0n) is 24.2. The fourth-order valence-corrected chi connectivity index (χ4v) is 7.24. The molecule has 0 bridgehead atoms. The van der Waals surface area contributed by atoms with E-state index < -0.39 is 35.6 Å². The molecule has 6 rings (SSSR count). The van der Waals surface area contributed by atoms with Crippen molar-refractivity contribution in [2.75, 3.05) is 19.7 Å². The lowest BCUT2D eigenvalue weighted by Gasteiger charge is -2.40. The van der Waals surface area contributed by atoms with E-state index >= 15 is 0 Å². The maximum atomic E-state index is 14.6. The molecule has 1 spiro atoms. The van der Waals surface area contributed by atoms with Gasteiger partial charge in [-0.15, -0.1) is 0 Å². The molecule has 1 N–H and O–H groups in total. The number of rotatable bonds is 8. The Balaban J connectivity index is 1.41. The Morgan fingerprint density at radius 1 is 0.881 bits per heavy atom. The first-order chi connectivity index (χ1) is 20.4. The van der Waals surface area contributed by atoms with Crippen molar-refractivity contribution in [1.82, 2.24) is 14.7 Å². The second-order valence-corrected chi connectivity index (χ2v) is 12.0. The summed E-state index contributed by atoms with van der Waals surface area (Å²) in [7, 11) is 0. The number of nitrogens with zero attached hydrogens (tertiary/aromatic N) is 3. The van der Waals surface area contributed by atoms with Crippen LogP contribution >= 0.6 is 0 Å². The number of amides is 3. The Bertz CT molecular complexity index is 1380. The third-order valence-electron chi connectivity index (χ3n) is 9.54. The first-order valence-corrected chi connectivity index (χ1v) is 15.0. The van der Waals surface area contributed by atoms with Gasteiger partial charge in [-0.25, -0.2) is 0 Å². The Morgan fingerprint density at radius 3 is 2.07 bits per heavy atom. The second-order valence-electron chi connectivity index (χ2n) is 12.0. The highest BCUT2D eigenvalue weighted by Gasteiger charge is 2.72. The van der Waals surface area contributed by atoms with Crippen molar-refractivity contribution in [3.05, 3.63) is 96.1 Å². The van der Waals surface area contributed by atoms with Gasteiger partial charge in [-0.1, -0.05) is 105 Å². The summed E-state index contributed by atoms with van der Waals surface area (Å²) >= 11 is 0. The van der Waals surface area contributed by atoms with E-state index in [0.29, 0.717) is 26.2 Å². The Labute approximate surface area is 247 Å². The van der Waals surface area contributed by atoms with Crippen LogP contribution in [-0.2, 0) is 32.2 Å². The molecule has 0 aromatic heterocycles. The van der Waals surface area contributed by atoms with Gasteiger partial charge >= 0.3 is 0 Å². The van der Waals surface area contributed by atoms with Gasteiger partial charge in [-0.2, -0.15) is 0 Å². The minimum absolute atomic E-state index is 0.0625. The molecule has 4 aliphatic rings. The number of carbonyl (C=O) groups excluding carboxylic acids is 3. The van der Waals surface area contributed by atoms with Crippen LogP contribution in [0.4, 0.5) is 0 Å². The Morgan fingerprint density at radius 2 is 1.48 bits per heavy atom. The fourth-order valence-electron chi connectivity index (χ4n) is 7.24. The van der Waals surface area contributed by atoms with Crippen molar-refractivity contribution in [2.45, 2.75) is 57.1 Å². The molecule has 0 saturated carbocycles. The van der Waals surface area contributed by atoms with Crippen LogP contribution in [0.3, 0.4) is 0 Å². The lowest BCUT2D eigenvalue weighted by Crippen LogP contribution is -2.59. The van der Waals surface area contributed by atoms with E-state index in [4.69, 9.17) is 4.74 Å². The number of benzene rings is 2. The van der Waals surface area contributed by atoms with Crippen molar-refractivity contribution in [3.8, 4) is 0 Å². The zero-order chi connectivity index (χ0) is 29.4. The van der Waals surface area contributed by atoms with Crippen LogP contribution in [0.15, 0.2) is 85.0 Å². The lowest BCUT2D eigenvalue weighted by atomic mass is 9.77. The summed E-state index contributed by atoms with van der Waals surface area (Å²) in [6, 6.07) is 18.0. The van der Waals surface area contributed by atoms with E-state index in [1.165, 1.54) is 0 Å². The summed E-state index contributed by atoms with van der Waals surface area (Å²) in [5.74, 6) is -2.39. The molecule has 0 radical (unpaired) electrons. The number of ether oxygens (including phenoxy) is 1. The minimum Gasteiger partial charge on any atom is -0.394 e. The molecule has 2 aromatic rings. The molecule has 2 saturated heterocycles. The molecule has 2 aromatic carbocycles. The minimum atomic E-state index is -1.31. The average Bonchev–Trinajstić information content (AvgIpc) is 3.33.